The molecular formula is C15H26N4. The molecule has 0 aromatic carbocycles. The molecule has 0 spiro atoms. The number of unbranched alkanes of at least 4 members (excludes halogenated alkanes) is 1. The minimum absolute atomic E-state index is 0.821. The van der Waals surface area contributed by atoms with Gasteiger partial charge in [-0.1, -0.05) is 0 Å². The van der Waals surface area contributed by atoms with Gasteiger partial charge in [-0.2, -0.15) is 0 Å². The molecule has 4 heteroatoms. The van der Waals surface area contributed by atoms with E-state index in [-0.39, 0.29) is 0 Å². The zero-order chi connectivity index (χ0) is 13.3. The topological polar surface area (TPSA) is 45.4 Å². The second-order valence-electron chi connectivity index (χ2n) is 5.32. The van der Waals surface area contributed by atoms with E-state index in [1.165, 1.54) is 51.1 Å². The molecule has 2 heterocycles. The van der Waals surface area contributed by atoms with Gasteiger partial charge in [-0.3, -0.25) is 9.88 Å². The number of nitrogens with two attached hydrogens (primary N) is 1. The molecule has 0 unspecified atom stereocenters. The molecule has 1 aliphatic rings. The quantitative estimate of drug-likeness (QED) is 0.786. The first-order valence-electron chi connectivity index (χ1n) is 7.42. The molecule has 1 fully saturated rings. The van der Waals surface area contributed by atoms with Crippen LogP contribution in [0.3, 0.4) is 0 Å². The minimum Gasteiger partial charge on any atom is -0.330 e. The van der Waals surface area contributed by atoms with Crippen molar-refractivity contribution in [1.29, 1.82) is 0 Å². The summed E-state index contributed by atoms with van der Waals surface area (Å²) >= 11 is 0. The average molecular weight is 262 g/mol. The molecule has 0 atom stereocenters. The lowest BCUT2D eigenvalue weighted by Gasteiger charge is -2.21. The third-order valence-electron chi connectivity index (χ3n) is 3.77. The Hall–Kier alpha value is -0.970. The van der Waals surface area contributed by atoms with Gasteiger partial charge >= 0.3 is 0 Å². The van der Waals surface area contributed by atoms with Crippen LogP contribution in [0.5, 0.6) is 0 Å². The van der Waals surface area contributed by atoms with Gasteiger partial charge in [0.1, 0.15) is 0 Å². The Bertz CT molecular complexity index is 341. The summed E-state index contributed by atoms with van der Waals surface area (Å²) in [6.07, 6.45) is 7.42. The van der Waals surface area contributed by atoms with Crippen molar-refractivity contribution in [3.05, 3.63) is 30.1 Å². The molecule has 0 bridgehead atoms. The Morgan fingerprint density at radius 2 is 1.74 bits per heavy atom. The summed E-state index contributed by atoms with van der Waals surface area (Å²) in [4.78, 5) is 9.21. The molecule has 0 amide bonds. The summed E-state index contributed by atoms with van der Waals surface area (Å²) in [5.74, 6) is 0. The van der Waals surface area contributed by atoms with Crippen LogP contribution in [-0.4, -0.2) is 54.1 Å². The second-order valence-corrected chi connectivity index (χ2v) is 5.32. The van der Waals surface area contributed by atoms with Gasteiger partial charge in [0.15, 0.2) is 0 Å². The number of hydrogen-bond donors (Lipinski definition) is 1. The Kier molecular flexibility index (Phi) is 6.27. The summed E-state index contributed by atoms with van der Waals surface area (Å²) in [7, 11) is 0. The van der Waals surface area contributed by atoms with Crippen LogP contribution in [0.1, 0.15) is 24.8 Å². The standard InChI is InChI=1S/C15H26N4/c16-6-1-2-9-18-10-3-11-19(13-12-18)14-15-4-7-17-8-5-15/h4-5,7-8H,1-3,6,9-14,16H2. The third kappa shape index (κ3) is 5.27. The lowest BCUT2D eigenvalue weighted by molar-refractivity contribution is 0.249. The molecule has 1 aromatic rings. The summed E-state index contributed by atoms with van der Waals surface area (Å²) in [6.45, 7) is 7.88. The lowest BCUT2D eigenvalue weighted by atomic mass is 10.2. The number of nitrogens with zero attached hydrogens (tertiary/aromatic N) is 3. The number of hydrogen-bond acceptors (Lipinski definition) is 4. The van der Waals surface area contributed by atoms with Crippen molar-refractivity contribution in [3.63, 3.8) is 0 Å². The van der Waals surface area contributed by atoms with E-state index in [1.54, 1.807) is 0 Å². The number of rotatable bonds is 6. The van der Waals surface area contributed by atoms with Gasteiger partial charge in [-0.25, -0.2) is 0 Å². The van der Waals surface area contributed by atoms with Crippen molar-refractivity contribution in [1.82, 2.24) is 14.8 Å². The lowest BCUT2D eigenvalue weighted by Crippen LogP contribution is -2.31. The predicted octanol–water partition coefficient (Wildman–Crippen LogP) is 1.33. The maximum Gasteiger partial charge on any atom is 0.0271 e. The van der Waals surface area contributed by atoms with E-state index in [2.05, 4.69) is 26.9 Å². The average Bonchev–Trinajstić information content (AvgIpc) is 2.66. The number of aromatic nitrogens is 1. The van der Waals surface area contributed by atoms with Crippen LogP contribution < -0.4 is 5.73 Å². The molecule has 19 heavy (non-hydrogen) atoms. The Balaban J connectivity index is 1.74. The van der Waals surface area contributed by atoms with E-state index in [4.69, 9.17) is 5.73 Å². The molecule has 0 radical (unpaired) electrons. The van der Waals surface area contributed by atoms with E-state index >= 15 is 0 Å². The van der Waals surface area contributed by atoms with Gasteiger partial charge < -0.3 is 10.6 Å². The van der Waals surface area contributed by atoms with Gasteiger partial charge in [0.2, 0.25) is 0 Å². The van der Waals surface area contributed by atoms with Crippen LogP contribution >= 0.6 is 0 Å². The highest BCUT2D eigenvalue weighted by Gasteiger charge is 2.14. The summed E-state index contributed by atoms with van der Waals surface area (Å²) in [5, 5.41) is 0. The fraction of sp³-hybridized carbons (Fsp3) is 0.667. The highest BCUT2D eigenvalue weighted by molar-refractivity contribution is 5.09. The van der Waals surface area contributed by atoms with Crippen molar-refractivity contribution in [2.45, 2.75) is 25.8 Å². The van der Waals surface area contributed by atoms with Gasteiger partial charge in [0, 0.05) is 32.0 Å². The van der Waals surface area contributed by atoms with Crippen molar-refractivity contribution in [3.8, 4) is 0 Å². The summed E-state index contributed by atoms with van der Waals surface area (Å²) < 4.78 is 0. The molecule has 1 saturated heterocycles. The SMILES string of the molecule is NCCCCN1CCCN(Cc2ccncc2)CC1. The molecule has 2 rings (SSSR count). The fourth-order valence-electron chi connectivity index (χ4n) is 2.63. The highest BCUT2D eigenvalue weighted by atomic mass is 15.2. The Morgan fingerprint density at radius 1 is 1.00 bits per heavy atom. The first-order chi connectivity index (χ1) is 9.38. The maximum absolute atomic E-state index is 5.55. The summed E-state index contributed by atoms with van der Waals surface area (Å²) in [5.41, 5.74) is 6.92. The maximum atomic E-state index is 5.55. The Labute approximate surface area is 116 Å². The first-order valence-corrected chi connectivity index (χ1v) is 7.42. The van der Waals surface area contributed by atoms with Crippen LogP contribution in [0.4, 0.5) is 0 Å². The van der Waals surface area contributed by atoms with Crippen molar-refractivity contribution in [2.75, 3.05) is 39.3 Å². The van der Waals surface area contributed by atoms with E-state index in [0.29, 0.717) is 0 Å². The third-order valence-corrected chi connectivity index (χ3v) is 3.77. The van der Waals surface area contributed by atoms with E-state index < -0.39 is 0 Å². The van der Waals surface area contributed by atoms with Crippen LogP contribution in [0.2, 0.25) is 0 Å². The monoisotopic (exact) mass is 262 g/mol. The fourth-order valence-corrected chi connectivity index (χ4v) is 2.63. The largest absolute Gasteiger partial charge is 0.330 e. The zero-order valence-electron chi connectivity index (χ0n) is 11.8. The summed E-state index contributed by atoms with van der Waals surface area (Å²) in [6, 6.07) is 4.23. The second kappa shape index (κ2) is 8.25. The number of pyridine rings is 1. The van der Waals surface area contributed by atoms with Crippen molar-refractivity contribution in [2.24, 2.45) is 5.73 Å². The van der Waals surface area contributed by atoms with E-state index in [1.807, 2.05) is 12.4 Å². The van der Waals surface area contributed by atoms with Crippen LogP contribution in [-0.2, 0) is 6.54 Å². The molecule has 106 valence electrons. The van der Waals surface area contributed by atoms with Crippen LogP contribution in [0.25, 0.3) is 0 Å². The first kappa shape index (κ1) is 14.4. The molecular weight excluding hydrogens is 236 g/mol. The predicted molar refractivity (Wildman–Crippen MR) is 78.9 cm³/mol. The molecule has 4 nitrogen and oxygen atoms in total. The van der Waals surface area contributed by atoms with Gasteiger partial charge in [-0.05, 0) is 63.1 Å². The van der Waals surface area contributed by atoms with Gasteiger partial charge in [0.05, 0.1) is 0 Å². The highest BCUT2D eigenvalue weighted by Crippen LogP contribution is 2.08. The molecule has 1 aliphatic heterocycles. The molecule has 0 aliphatic carbocycles. The smallest absolute Gasteiger partial charge is 0.0271 e. The zero-order valence-corrected chi connectivity index (χ0v) is 11.8. The molecule has 0 saturated carbocycles. The van der Waals surface area contributed by atoms with Gasteiger partial charge in [0.25, 0.3) is 0 Å². The molecule has 1 aromatic heterocycles. The normalized spacial score (nSPS) is 18.4. The van der Waals surface area contributed by atoms with Gasteiger partial charge in [-0.15, -0.1) is 0 Å². The van der Waals surface area contributed by atoms with E-state index in [9.17, 15) is 0 Å². The van der Waals surface area contributed by atoms with Crippen LogP contribution in [0.15, 0.2) is 24.5 Å². The molecule has 2 N–H and O–H groups in total. The minimum atomic E-state index is 0.821. The van der Waals surface area contributed by atoms with E-state index in [0.717, 1.165) is 19.5 Å². The van der Waals surface area contributed by atoms with Crippen molar-refractivity contribution >= 4 is 0 Å². The Morgan fingerprint density at radius 3 is 2.53 bits per heavy atom. The van der Waals surface area contributed by atoms with Crippen molar-refractivity contribution < 1.29 is 0 Å². The van der Waals surface area contributed by atoms with Crippen LogP contribution in [0, 0.1) is 0 Å².